The summed E-state index contributed by atoms with van der Waals surface area (Å²) in [6.45, 7) is 2.08. The molecular weight excluding hydrogens is 248 g/mol. The van der Waals surface area contributed by atoms with Crippen molar-refractivity contribution in [3.8, 4) is 22.7 Å². The van der Waals surface area contributed by atoms with Gasteiger partial charge in [0.25, 0.3) is 0 Å². The van der Waals surface area contributed by atoms with Crippen LogP contribution in [-0.4, -0.2) is 16.9 Å². The van der Waals surface area contributed by atoms with Crippen molar-refractivity contribution in [3.05, 3.63) is 66.4 Å². The maximum absolute atomic E-state index is 5.17. The van der Waals surface area contributed by atoms with Crippen LogP contribution in [0.4, 0.5) is 0 Å². The average Bonchev–Trinajstić information content (AvgIpc) is 2.90. The van der Waals surface area contributed by atoms with Crippen LogP contribution in [0.1, 0.15) is 5.56 Å². The van der Waals surface area contributed by atoms with Gasteiger partial charge in [0.15, 0.2) is 0 Å². The van der Waals surface area contributed by atoms with Gasteiger partial charge in [0.2, 0.25) is 0 Å². The molecule has 100 valence electrons. The molecule has 0 fully saturated rings. The smallest absolute Gasteiger partial charge is 0.119 e. The lowest BCUT2D eigenvalue weighted by molar-refractivity contribution is 0.414. The second-order valence-corrected chi connectivity index (χ2v) is 4.67. The number of aryl methyl sites for hydroxylation is 1. The van der Waals surface area contributed by atoms with Crippen LogP contribution < -0.4 is 4.74 Å². The summed E-state index contributed by atoms with van der Waals surface area (Å²) in [5.74, 6) is 0.848. The number of hydrogen-bond donors (Lipinski definition) is 0. The van der Waals surface area contributed by atoms with E-state index >= 15 is 0 Å². The van der Waals surface area contributed by atoms with Crippen molar-refractivity contribution < 1.29 is 4.74 Å². The molecule has 0 aliphatic carbocycles. The van der Waals surface area contributed by atoms with E-state index in [1.165, 1.54) is 0 Å². The van der Waals surface area contributed by atoms with Gasteiger partial charge in [-0.25, -0.2) is 4.68 Å². The molecular formula is C17H16N2O. The minimum atomic E-state index is 0.848. The molecule has 0 bridgehead atoms. The third kappa shape index (κ3) is 2.30. The van der Waals surface area contributed by atoms with Crippen LogP contribution in [-0.2, 0) is 0 Å². The van der Waals surface area contributed by atoms with Crippen molar-refractivity contribution in [2.75, 3.05) is 7.11 Å². The zero-order chi connectivity index (χ0) is 13.9. The summed E-state index contributed by atoms with van der Waals surface area (Å²) in [5.41, 5.74) is 4.33. The van der Waals surface area contributed by atoms with E-state index in [2.05, 4.69) is 24.2 Å². The van der Waals surface area contributed by atoms with Gasteiger partial charge in [-0.2, -0.15) is 5.10 Å². The number of aromatic nitrogens is 2. The summed E-state index contributed by atoms with van der Waals surface area (Å²) in [4.78, 5) is 0. The molecule has 3 nitrogen and oxygen atoms in total. The Labute approximate surface area is 118 Å². The predicted molar refractivity (Wildman–Crippen MR) is 80.3 cm³/mol. The molecule has 20 heavy (non-hydrogen) atoms. The van der Waals surface area contributed by atoms with Crippen molar-refractivity contribution in [1.29, 1.82) is 0 Å². The van der Waals surface area contributed by atoms with Crippen LogP contribution in [0.2, 0.25) is 0 Å². The Morgan fingerprint density at radius 1 is 0.950 bits per heavy atom. The van der Waals surface area contributed by atoms with Gasteiger partial charge in [0.1, 0.15) is 5.75 Å². The van der Waals surface area contributed by atoms with Crippen molar-refractivity contribution in [1.82, 2.24) is 9.78 Å². The first kappa shape index (κ1) is 12.5. The van der Waals surface area contributed by atoms with Gasteiger partial charge in [-0.15, -0.1) is 0 Å². The molecule has 0 saturated heterocycles. The molecule has 3 aromatic rings. The molecule has 0 amide bonds. The van der Waals surface area contributed by atoms with E-state index in [1.807, 2.05) is 53.3 Å². The summed E-state index contributed by atoms with van der Waals surface area (Å²) in [5, 5.41) is 4.68. The maximum Gasteiger partial charge on any atom is 0.119 e. The minimum Gasteiger partial charge on any atom is -0.497 e. The van der Waals surface area contributed by atoms with Crippen LogP contribution in [0.5, 0.6) is 5.75 Å². The normalized spacial score (nSPS) is 10.5. The molecule has 1 aromatic heterocycles. The molecule has 2 aromatic carbocycles. The Kier molecular flexibility index (Phi) is 3.25. The standard InChI is InChI=1S/C17H16N2O/c1-13-12-19(15-8-10-16(20-2)11-9-15)18-17(13)14-6-4-3-5-7-14/h3-12H,1-2H3. The van der Waals surface area contributed by atoms with Gasteiger partial charge in [-0.05, 0) is 36.8 Å². The maximum atomic E-state index is 5.17. The van der Waals surface area contributed by atoms with E-state index in [9.17, 15) is 0 Å². The van der Waals surface area contributed by atoms with Gasteiger partial charge in [-0.1, -0.05) is 30.3 Å². The number of hydrogen-bond acceptors (Lipinski definition) is 2. The number of rotatable bonds is 3. The molecule has 0 radical (unpaired) electrons. The first-order valence-electron chi connectivity index (χ1n) is 6.54. The van der Waals surface area contributed by atoms with Crippen molar-refractivity contribution in [2.45, 2.75) is 6.92 Å². The Hall–Kier alpha value is -2.55. The van der Waals surface area contributed by atoms with Crippen LogP contribution in [0, 0.1) is 6.92 Å². The number of methoxy groups -OCH3 is 1. The largest absolute Gasteiger partial charge is 0.497 e. The summed E-state index contributed by atoms with van der Waals surface area (Å²) >= 11 is 0. The lowest BCUT2D eigenvalue weighted by atomic mass is 10.1. The highest BCUT2D eigenvalue weighted by atomic mass is 16.5. The number of nitrogens with zero attached hydrogens (tertiary/aromatic N) is 2. The van der Waals surface area contributed by atoms with Crippen LogP contribution >= 0.6 is 0 Å². The van der Waals surface area contributed by atoms with Gasteiger partial charge >= 0.3 is 0 Å². The molecule has 3 heteroatoms. The highest BCUT2D eigenvalue weighted by Gasteiger charge is 2.08. The Morgan fingerprint density at radius 2 is 1.65 bits per heavy atom. The Bertz CT molecular complexity index is 700. The fourth-order valence-corrected chi connectivity index (χ4v) is 2.21. The molecule has 0 unspecified atom stereocenters. The van der Waals surface area contributed by atoms with E-state index in [4.69, 9.17) is 4.74 Å². The van der Waals surface area contributed by atoms with Crippen LogP contribution in [0.15, 0.2) is 60.8 Å². The topological polar surface area (TPSA) is 27.1 Å². The van der Waals surface area contributed by atoms with Crippen molar-refractivity contribution in [2.24, 2.45) is 0 Å². The van der Waals surface area contributed by atoms with Gasteiger partial charge in [0.05, 0.1) is 18.5 Å². The van der Waals surface area contributed by atoms with Gasteiger partial charge in [0, 0.05) is 11.8 Å². The van der Waals surface area contributed by atoms with Crippen LogP contribution in [0.3, 0.4) is 0 Å². The third-order valence-electron chi connectivity index (χ3n) is 3.28. The second-order valence-electron chi connectivity index (χ2n) is 4.67. The van der Waals surface area contributed by atoms with E-state index < -0.39 is 0 Å². The van der Waals surface area contributed by atoms with Gasteiger partial charge in [-0.3, -0.25) is 0 Å². The summed E-state index contributed by atoms with van der Waals surface area (Å²) < 4.78 is 7.07. The zero-order valence-electron chi connectivity index (χ0n) is 11.6. The van der Waals surface area contributed by atoms with Crippen molar-refractivity contribution in [3.63, 3.8) is 0 Å². The first-order chi connectivity index (χ1) is 9.78. The molecule has 1 heterocycles. The first-order valence-corrected chi connectivity index (χ1v) is 6.54. The molecule has 0 saturated carbocycles. The van der Waals surface area contributed by atoms with E-state index in [0.29, 0.717) is 0 Å². The Balaban J connectivity index is 2.00. The lowest BCUT2D eigenvalue weighted by Gasteiger charge is -2.03. The molecule has 0 aliphatic rings. The second kappa shape index (κ2) is 5.21. The average molecular weight is 264 g/mol. The van der Waals surface area contributed by atoms with E-state index in [1.54, 1.807) is 7.11 Å². The SMILES string of the molecule is COc1ccc(-n2cc(C)c(-c3ccccc3)n2)cc1. The summed E-state index contributed by atoms with van der Waals surface area (Å²) in [7, 11) is 1.67. The van der Waals surface area contributed by atoms with E-state index in [-0.39, 0.29) is 0 Å². The monoisotopic (exact) mass is 264 g/mol. The Morgan fingerprint density at radius 3 is 2.30 bits per heavy atom. The predicted octanol–water partition coefficient (Wildman–Crippen LogP) is 3.86. The quantitative estimate of drug-likeness (QED) is 0.718. The van der Waals surface area contributed by atoms with E-state index in [0.717, 1.165) is 28.3 Å². The fourth-order valence-electron chi connectivity index (χ4n) is 2.21. The molecule has 0 aliphatic heterocycles. The number of benzene rings is 2. The number of ether oxygens (including phenoxy) is 1. The highest BCUT2D eigenvalue weighted by Crippen LogP contribution is 2.23. The zero-order valence-corrected chi connectivity index (χ0v) is 11.6. The third-order valence-corrected chi connectivity index (χ3v) is 3.28. The fraction of sp³-hybridized carbons (Fsp3) is 0.118. The van der Waals surface area contributed by atoms with Crippen molar-refractivity contribution >= 4 is 0 Å². The highest BCUT2D eigenvalue weighted by molar-refractivity contribution is 5.62. The minimum absolute atomic E-state index is 0.848. The molecule has 0 N–H and O–H groups in total. The van der Waals surface area contributed by atoms with Gasteiger partial charge < -0.3 is 4.74 Å². The van der Waals surface area contributed by atoms with Crippen LogP contribution in [0.25, 0.3) is 16.9 Å². The molecule has 3 rings (SSSR count). The summed E-state index contributed by atoms with van der Waals surface area (Å²) in [6.07, 6.45) is 2.05. The molecule has 0 spiro atoms. The molecule has 0 atom stereocenters. The summed E-state index contributed by atoms with van der Waals surface area (Å²) in [6, 6.07) is 18.1. The lowest BCUT2D eigenvalue weighted by Crippen LogP contribution is -1.94.